The molecule has 8 N–H and O–H groups in total. The average molecular weight is 891 g/mol. The zero-order valence-electron chi connectivity index (χ0n) is 32.7. The lowest BCUT2D eigenvalue weighted by molar-refractivity contribution is 0.0640. The highest BCUT2D eigenvalue weighted by Gasteiger charge is 2.28. The predicted molar refractivity (Wildman–Crippen MR) is 231 cm³/mol. The van der Waals surface area contributed by atoms with Gasteiger partial charge < -0.3 is 62.9 Å². The molecule has 18 nitrogen and oxygen atoms in total. The van der Waals surface area contributed by atoms with Crippen LogP contribution in [0.3, 0.4) is 0 Å². The Morgan fingerprint density at radius 1 is 0.532 bits per heavy atom. The molecule has 0 fully saturated rings. The zero-order valence-corrected chi connectivity index (χ0v) is 34.3. The summed E-state index contributed by atoms with van der Waals surface area (Å²) in [6.07, 6.45) is 0. The van der Waals surface area contributed by atoms with Crippen molar-refractivity contribution in [3.8, 4) is 34.5 Å². The van der Waals surface area contributed by atoms with Crippen molar-refractivity contribution in [3.63, 3.8) is 0 Å². The van der Waals surface area contributed by atoms with Gasteiger partial charge in [0.15, 0.2) is 28.7 Å². The quantitative estimate of drug-likeness (QED) is 0.0523. The van der Waals surface area contributed by atoms with E-state index in [-0.39, 0.29) is 60.9 Å². The lowest BCUT2D eigenvalue weighted by Gasteiger charge is -2.23. The van der Waals surface area contributed by atoms with E-state index in [0.29, 0.717) is 59.9 Å². The molecule has 0 atom stereocenters. The van der Waals surface area contributed by atoms with Crippen LogP contribution in [0.25, 0.3) is 10.8 Å². The van der Waals surface area contributed by atoms with Crippen LogP contribution in [0, 0.1) is 0 Å². The number of ether oxygens (including phenoxy) is 6. The summed E-state index contributed by atoms with van der Waals surface area (Å²) in [7, 11) is -9.45. The molecular formula is C42H42N4O14S2. The van der Waals surface area contributed by atoms with Crippen molar-refractivity contribution in [2.75, 3.05) is 63.5 Å². The SMILES string of the molecule is O=S(=O)(O)c1cc(Nc2cc(O)cc(Nc3ccc4c(c3)OCCOCCOc3ccccc3OCCOCCO4)c2)c2c(O)c(N=Nc3ccccc3)c(S(O)(O)O)cc2c1. The first kappa shape index (κ1) is 43.7. The Bertz CT molecular complexity index is 2660. The number of hydrogen-bond donors (Lipinski definition) is 8. The van der Waals surface area contributed by atoms with Gasteiger partial charge in [0.05, 0.1) is 47.6 Å². The van der Waals surface area contributed by atoms with Gasteiger partial charge in [-0.3, -0.25) is 4.55 Å². The Morgan fingerprint density at radius 2 is 1.10 bits per heavy atom. The molecule has 0 aliphatic carbocycles. The number of para-hydroxylation sites is 2. The molecular weight excluding hydrogens is 849 g/mol. The van der Waals surface area contributed by atoms with E-state index in [1.165, 1.54) is 12.1 Å². The molecule has 62 heavy (non-hydrogen) atoms. The number of hydrogen-bond acceptors (Lipinski definition) is 17. The minimum Gasteiger partial charge on any atom is -0.508 e. The maximum Gasteiger partial charge on any atom is 0.294 e. The van der Waals surface area contributed by atoms with Gasteiger partial charge in [-0.25, -0.2) is 0 Å². The number of phenols is 2. The van der Waals surface area contributed by atoms with Crippen molar-refractivity contribution in [3.05, 3.63) is 109 Å². The van der Waals surface area contributed by atoms with Crippen LogP contribution >= 0.6 is 10.9 Å². The number of nitrogens with zero attached hydrogens (tertiary/aromatic N) is 2. The van der Waals surface area contributed by atoms with Crippen LogP contribution < -0.4 is 29.6 Å². The Balaban J connectivity index is 1.15. The lowest BCUT2D eigenvalue weighted by atomic mass is 10.1. The third kappa shape index (κ3) is 11.3. The molecule has 0 amide bonds. The summed E-state index contributed by atoms with van der Waals surface area (Å²) in [4.78, 5) is -1.30. The van der Waals surface area contributed by atoms with E-state index >= 15 is 0 Å². The molecule has 326 valence electrons. The first-order valence-electron chi connectivity index (χ1n) is 18.9. The lowest BCUT2D eigenvalue weighted by Crippen LogP contribution is -2.15. The number of anilines is 4. The van der Waals surface area contributed by atoms with Gasteiger partial charge in [0.2, 0.25) is 0 Å². The van der Waals surface area contributed by atoms with E-state index in [4.69, 9.17) is 28.4 Å². The largest absolute Gasteiger partial charge is 0.508 e. The van der Waals surface area contributed by atoms with Gasteiger partial charge in [0.25, 0.3) is 10.1 Å². The Kier molecular flexibility index (Phi) is 13.8. The Labute approximate surface area is 357 Å². The van der Waals surface area contributed by atoms with E-state index in [0.717, 1.165) is 18.2 Å². The molecule has 0 bridgehead atoms. The number of benzene rings is 6. The first-order chi connectivity index (χ1) is 29.8. The fraction of sp³-hybridized carbons (Fsp3) is 0.190. The first-order valence-corrected chi connectivity index (χ1v) is 21.8. The number of nitrogens with one attached hydrogen (secondary N) is 2. The third-order valence-electron chi connectivity index (χ3n) is 8.96. The molecule has 0 radical (unpaired) electrons. The molecule has 1 heterocycles. The molecule has 1 aliphatic rings. The minimum absolute atomic E-state index is 0.106. The van der Waals surface area contributed by atoms with Crippen LogP contribution in [0.15, 0.2) is 129 Å². The summed E-state index contributed by atoms with van der Waals surface area (Å²) in [6.45, 7) is 2.11. The second-order valence-electron chi connectivity index (χ2n) is 13.4. The predicted octanol–water partition coefficient (Wildman–Crippen LogP) is 9.25. The van der Waals surface area contributed by atoms with E-state index in [9.17, 15) is 36.8 Å². The molecule has 1 aliphatic heterocycles. The monoisotopic (exact) mass is 890 g/mol. The summed E-state index contributed by atoms with van der Waals surface area (Å²) < 4.78 is 101. The zero-order chi connectivity index (χ0) is 43.7. The highest BCUT2D eigenvalue weighted by Crippen LogP contribution is 2.55. The summed E-state index contributed by atoms with van der Waals surface area (Å²) in [5.74, 6) is 1.07. The van der Waals surface area contributed by atoms with E-state index in [2.05, 4.69) is 20.9 Å². The second-order valence-corrected chi connectivity index (χ2v) is 16.3. The van der Waals surface area contributed by atoms with Crippen LogP contribution in [0.2, 0.25) is 0 Å². The number of aromatic hydroxyl groups is 2. The minimum atomic E-state index is -4.88. The highest BCUT2D eigenvalue weighted by molar-refractivity contribution is 8.19. The normalized spacial score (nSPS) is 14.8. The number of fused-ring (bicyclic) bond motifs is 3. The van der Waals surface area contributed by atoms with Crippen molar-refractivity contribution < 1.29 is 65.3 Å². The fourth-order valence-corrected chi connectivity index (χ4v) is 7.47. The molecule has 7 rings (SSSR count). The van der Waals surface area contributed by atoms with Crippen molar-refractivity contribution in [2.45, 2.75) is 9.79 Å². The molecule has 0 saturated carbocycles. The topological polar surface area (TPSA) is 260 Å². The fourth-order valence-electron chi connectivity index (χ4n) is 6.25. The number of phenolic OH excluding ortho intramolecular Hbond substituents is 2. The van der Waals surface area contributed by atoms with Crippen molar-refractivity contribution in [2.24, 2.45) is 10.2 Å². The summed E-state index contributed by atoms with van der Waals surface area (Å²) in [6, 6.07) is 28.0. The van der Waals surface area contributed by atoms with Crippen LogP contribution in [-0.4, -0.2) is 89.7 Å². The average Bonchev–Trinajstić information content (AvgIpc) is 3.22. The molecule has 6 aromatic carbocycles. The van der Waals surface area contributed by atoms with E-state index in [1.54, 1.807) is 54.6 Å². The maximum absolute atomic E-state index is 12.4. The second kappa shape index (κ2) is 19.6. The third-order valence-corrected chi connectivity index (χ3v) is 10.7. The van der Waals surface area contributed by atoms with Crippen LogP contribution in [0.5, 0.6) is 34.5 Å². The maximum atomic E-state index is 12.4. The van der Waals surface area contributed by atoms with Crippen molar-refractivity contribution in [1.29, 1.82) is 0 Å². The highest BCUT2D eigenvalue weighted by atomic mass is 32.3. The van der Waals surface area contributed by atoms with Gasteiger partial charge in [-0.2, -0.15) is 13.5 Å². The number of rotatable bonds is 8. The molecule has 0 spiro atoms. The number of azo groups is 1. The van der Waals surface area contributed by atoms with E-state index < -0.39 is 42.2 Å². The smallest absolute Gasteiger partial charge is 0.294 e. The summed E-state index contributed by atoms with van der Waals surface area (Å²) in [5, 5.41) is 36.4. The van der Waals surface area contributed by atoms with Crippen LogP contribution in [0.1, 0.15) is 0 Å². The van der Waals surface area contributed by atoms with Gasteiger partial charge in [0, 0.05) is 40.6 Å². The molecule has 20 heteroatoms. The molecule has 0 aromatic heterocycles. The van der Waals surface area contributed by atoms with E-state index in [1.807, 2.05) is 24.3 Å². The van der Waals surface area contributed by atoms with Crippen molar-refractivity contribution >= 4 is 65.9 Å². The summed E-state index contributed by atoms with van der Waals surface area (Å²) in [5.41, 5.74) is 0.734. The van der Waals surface area contributed by atoms with Crippen molar-refractivity contribution in [1.82, 2.24) is 0 Å². The standard InChI is InChI=1S/C42H42N4O14S2/c47-32-23-30(43-29-10-11-37-38(25-29)60-19-15-56-13-17-58-36-9-5-4-8-35(36)57-16-12-55-14-18-59-37)22-31(24-32)44-34-26-33(61(49,50)51)20-27-21-39(62(52,53)54)41(42(48)40(27)34)46-45-28-6-2-1-3-7-28/h1-11,20-26,43-44,47-48,52-54H,12-19H2,(H,49,50,51). The Morgan fingerprint density at radius 3 is 1.69 bits per heavy atom. The van der Waals surface area contributed by atoms with Crippen LogP contribution in [0.4, 0.5) is 34.1 Å². The van der Waals surface area contributed by atoms with Crippen LogP contribution in [-0.2, 0) is 19.6 Å². The van der Waals surface area contributed by atoms with Gasteiger partial charge >= 0.3 is 0 Å². The van der Waals surface area contributed by atoms with Gasteiger partial charge in [-0.05, 0) is 66.0 Å². The Hall–Kier alpha value is -6.36. The van der Waals surface area contributed by atoms with Gasteiger partial charge in [-0.1, -0.05) is 30.3 Å². The summed E-state index contributed by atoms with van der Waals surface area (Å²) >= 11 is 0. The van der Waals surface area contributed by atoms with Gasteiger partial charge in [-0.15, -0.1) is 5.11 Å². The van der Waals surface area contributed by atoms with Gasteiger partial charge in [0.1, 0.15) is 48.7 Å². The molecule has 6 aromatic rings. The molecule has 0 saturated heterocycles. The molecule has 0 unspecified atom stereocenters.